The molecule has 0 unspecified atom stereocenters. The molecule has 1 aliphatic rings. The molecule has 0 radical (unpaired) electrons. The number of ether oxygens (including phenoxy) is 1. The molecule has 3 rings (SSSR count). The molecule has 0 spiro atoms. The van der Waals surface area contributed by atoms with Gasteiger partial charge in [-0.25, -0.2) is 13.2 Å². The molecule has 0 saturated carbocycles. The van der Waals surface area contributed by atoms with Crippen molar-refractivity contribution in [1.29, 1.82) is 0 Å². The van der Waals surface area contributed by atoms with Crippen molar-refractivity contribution in [2.75, 3.05) is 46.4 Å². The van der Waals surface area contributed by atoms with Crippen molar-refractivity contribution in [1.82, 2.24) is 19.1 Å². The molecule has 1 fully saturated rings. The molecule has 8 nitrogen and oxygen atoms in total. The van der Waals surface area contributed by atoms with Crippen LogP contribution in [0.1, 0.15) is 19.8 Å². The molecule has 1 aliphatic heterocycles. The maximum Gasteiger partial charge on any atom is 0.317 e. The Kier molecular flexibility index (Phi) is 7.15. The molecule has 0 bridgehead atoms. The first-order valence-corrected chi connectivity index (χ1v) is 11.5. The average Bonchev–Trinajstić information content (AvgIpc) is 2.96. The molecule has 1 aromatic heterocycles. The topological polar surface area (TPSA) is 83.9 Å². The standard InChI is InChI=1S/C20H30N4O4S/c1-3-22-12-8-17-16-18(6-7-19(17)22)29(26,27)24-11-5-10-23(13-14-24)20(25)21-9-4-15-28-2/h6-8,12,16H,3-5,9-11,13-15H2,1-2H3,(H,21,25). The van der Waals surface area contributed by atoms with Gasteiger partial charge in [-0.2, -0.15) is 4.31 Å². The van der Waals surface area contributed by atoms with Gasteiger partial charge in [0.15, 0.2) is 0 Å². The lowest BCUT2D eigenvalue weighted by molar-refractivity contribution is 0.186. The molecule has 2 amide bonds. The van der Waals surface area contributed by atoms with E-state index in [-0.39, 0.29) is 6.03 Å². The fourth-order valence-corrected chi connectivity index (χ4v) is 5.13. The molecule has 160 valence electrons. The van der Waals surface area contributed by atoms with Crippen LogP contribution in [0.2, 0.25) is 0 Å². The summed E-state index contributed by atoms with van der Waals surface area (Å²) in [6, 6.07) is 7.07. The molecule has 1 aromatic carbocycles. The number of sulfonamides is 1. The normalized spacial score (nSPS) is 16.1. The van der Waals surface area contributed by atoms with E-state index < -0.39 is 10.0 Å². The van der Waals surface area contributed by atoms with Crippen molar-refractivity contribution >= 4 is 27.0 Å². The number of aromatic nitrogens is 1. The summed E-state index contributed by atoms with van der Waals surface area (Å²) in [7, 11) is -1.97. The molecule has 9 heteroatoms. The number of carbonyl (C=O) groups is 1. The van der Waals surface area contributed by atoms with Crippen molar-refractivity contribution in [2.45, 2.75) is 31.2 Å². The second-order valence-electron chi connectivity index (χ2n) is 7.15. The number of fused-ring (bicyclic) bond motifs is 1. The zero-order valence-electron chi connectivity index (χ0n) is 17.1. The van der Waals surface area contributed by atoms with Crippen LogP contribution in [0.5, 0.6) is 0 Å². The number of amides is 2. The van der Waals surface area contributed by atoms with Crippen LogP contribution in [0, 0.1) is 0 Å². The number of urea groups is 1. The van der Waals surface area contributed by atoms with E-state index in [0.29, 0.717) is 50.6 Å². The van der Waals surface area contributed by atoms with Crippen molar-refractivity contribution in [3.63, 3.8) is 0 Å². The summed E-state index contributed by atoms with van der Waals surface area (Å²) in [5.41, 5.74) is 1.03. The predicted molar refractivity (Wildman–Crippen MR) is 112 cm³/mol. The minimum Gasteiger partial charge on any atom is -0.385 e. The van der Waals surface area contributed by atoms with Crippen LogP contribution >= 0.6 is 0 Å². The smallest absolute Gasteiger partial charge is 0.317 e. The van der Waals surface area contributed by atoms with Crippen molar-refractivity contribution < 1.29 is 17.9 Å². The Morgan fingerprint density at radius 2 is 2.00 bits per heavy atom. The number of aryl methyl sites for hydroxylation is 1. The lowest BCUT2D eigenvalue weighted by Crippen LogP contribution is -2.43. The van der Waals surface area contributed by atoms with Gasteiger partial charge in [0.25, 0.3) is 0 Å². The van der Waals surface area contributed by atoms with Crippen LogP contribution < -0.4 is 5.32 Å². The third-order valence-corrected chi connectivity index (χ3v) is 7.16. The maximum atomic E-state index is 13.2. The third-order valence-electron chi connectivity index (χ3n) is 5.26. The SMILES string of the molecule is CCn1ccc2cc(S(=O)(=O)N3CCCN(C(=O)NCCCOC)CC3)ccc21. The number of rotatable bonds is 7. The summed E-state index contributed by atoms with van der Waals surface area (Å²) < 4.78 is 34.9. The molecular formula is C20H30N4O4S. The van der Waals surface area contributed by atoms with Gasteiger partial charge in [-0.3, -0.25) is 0 Å². The molecule has 2 heterocycles. The quantitative estimate of drug-likeness (QED) is 0.693. The summed E-state index contributed by atoms with van der Waals surface area (Å²) in [5.74, 6) is 0. The second kappa shape index (κ2) is 9.60. The first kappa shape index (κ1) is 21.6. The van der Waals surface area contributed by atoms with E-state index in [9.17, 15) is 13.2 Å². The number of nitrogens with one attached hydrogen (secondary N) is 1. The fraction of sp³-hybridized carbons (Fsp3) is 0.550. The highest BCUT2D eigenvalue weighted by Gasteiger charge is 2.28. The molecule has 1 saturated heterocycles. The van der Waals surface area contributed by atoms with Crippen LogP contribution in [-0.2, 0) is 21.3 Å². The molecule has 2 aromatic rings. The second-order valence-corrected chi connectivity index (χ2v) is 9.08. The number of hydrogen-bond acceptors (Lipinski definition) is 4. The summed E-state index contributed by atoms with van der Waals surface area (Å²) in [6.07, 6.45) is 3.33. The molecule has 0 aliphatic carbocycles. The van der Waals surface area contributed by atoms with E-state index in [2.05, 4.69) is 16.8 Å². The summed E-state index contributed by atoms with van der Waals surface area (Å²) in [6.45, 7) is 5.66. The molecule has 29 heavy (non-hydrogen) atoms. The van der Waals surface area contributed by atoms with Gasteiger partial charge >= 0.3 is 6.03 Å². The Balaban J connectivity index is 1.66. The van der Waals surface area contributed by atoms with Crippen LogP contribution in [0.3, 0.4) is 0 Å². The summed E-state index contributed by atoms with van der Waals surface area (Å²) >= 11 is 0. The molecule has 1 N–H and O–H groups in total. The summed E-state index contributed by atoms with van der Waals surface area (Å²) in [4.78, 5) is 14.3. The lowest BCUT2D eigenvalue weighted by atomic mass is 10.2. The zero-order valence-corrected chi connectivity index (χ0v) is 18.0. The first-order chi connectivity index (χ1) is 14.0. The minimum atomic E-state index is -3.60. The van der Waals surface area contributed by atoms with Gasteiger partial charge in [-0.05, 0) is 44.0 Å². The van der Waals surface area contributed by atoms with Crippen LogP contribution in [-0.4, -0.2) is 74.7 Å². The highest BCUT2D eigenvalue weighted by Crippen LogP contribution is 2.24. The number of nitrogens with zero attached hydrogens (tertiary/aromatic N) is 3. The van der Waals surface area contributed by atoms with E-state index >= 15 is 0 Å². The Bertz CT molecular complexity index is 941. The Labute approximate surface area is 172 Å². The molecular weight excluding hydrogens is 392 g/mol. The van der Waals surface area contributed by atoms with Gasteiger partial charge in [0, 0.05) is 70.1 Å². The van der Waals surface area contributed by atoms with Crippen molar-refractivity contribution in [3.8, 4) is 0 Å². The van der Waals surface area contributed by atoms with Gasteiger partial charge in [0.1, 0.15) is 0 Å². The van der Waals surface area contributed by atoms with E-state index in [4.69, 9.17) is 4.74 Å². The van der Waals surface area contributed by atoms with Gasteiger partial charge in [0.2, 0.25) is 10.0 Å². The Morgan fingerprint density at radius 3 is 2.76 bits per heavy atom. The summed E-state index contributed by atoms with van der Waals surface area (Å²) in [5, 5.41) is 3.78. The number of hydrogen-bond donors (Lipinski definition) is 1. The number of benzene rings is 1. The first-order valence-electron chi connectivity index (χ1n) is 10.1. The fourth-order valence-electron chi connectivity index (χ4n) is 3.62. The van der Waals surface area contributed by atoms with Gasteiger partial charge in [-0.15, -0.1) is 0 Å². The van der Waals surface area contributed by atoms with Crippen LogP contribution in [0.4, 0.5) is 4.79 Å². The van der Waals surface area contributed by atoms with Gasteiger partial charge < -0.3 is 19.5 Å². The molecule has 0 atom stereocenters. The maximum absolute atomic E-state index is 13.2. The van der Waals surface area contributed by atoms with Crippen molar-refractivity contribution in [3.05, 3.63) is 30.5 Å². The van der Waals surface area contributed by atoms with Crippen molar-refractivity contribution in [2.24, 2.45) is 0 Å². The predicted octanol–water partition coefficient (Wildman–Crippen LogP) is 2.10. The van der Waals surface area contributed by atoms with Gasteiger partial charge in [-0.1, -0.05) is 0 Å². The Morgan fingerprint density at radius 1 is 1.17 bits per heavy atom. The zero-order chi connectivity index (χ0) is 20.9. The Hall–Kier alpha value is -2.10. The largest absolute Gasteiger partial charge is 0.385 e. The average molecular weight is 423 g/mol. The number of carbonyl (C=O) groups excluding carboxylic acids is 1. The monoisotopic (exact) mass is 422 g/mol. The van der Waals surface area contributed by atoms with Gasteiger partial charge in [0.05, 0.1) is 4.90 Å². The van der Waals surface area contributed by atoms with Crippen LogP contribution in [0.25, 0.3) is 10.9 Å². The van der Waals surface area contributed by atoms with E-state index in [0.717, 1.165) is 23.9 Å². The van der Waals surface area contributed by atoms with E-state index in [1.54, 1.807) is 24.1 Å². The van der Waals surface area contributed by atoms with E-state index in [1.807, 2.05) is 18.3 Å². The minimum absolute atomic E-state index is 0.150. The lowest BCUT2D eigenvalue weighted by Gasteiger charge is -2.22. The van der Waals surface area contributed by atoms with Crippen LogP contribution in [0.15, 0.2) is 35.4 Å². The number of methoxy groups -OCH3 is 1. The highest BCUT2D eigenvalue weighted by atomic mass is 32.2. The third kappa shape index (κ3) is 4.91. The highest BCUT2D eigenvalue weighted by molar-refractivity contribution is 7.89. The van der Waals surface area contributed by atoms with E-state index in [1.165, 1.54) is 4.31 Å².